The topological polar surface area (TPSA) is 29.9 Å². The van der Waals surface area contributed by atoms with E-state index in [1.807, 2.05) is 23.9 Å². The van der Waals surface area contributed by atoms with Crippen LogP contribution in [0.2, 0.25) is 0 Å². The van der Waals surface area contributed by atoms with Crippen LogP contribution in [0.25, 0.3) is 11.0 Å². The Kier molecular flexibility index (Phi) is 4.31. The zero-order chi connectivity index (χ0) is 14.9. The van der Waals surface area contributed by atoms with E-state index in [1.165, 1.54) is 32.1 Å². The first-order valence-corrected chi connectivity index (χ1v) is 9.13. The Balaban J connectivity index is 2.04. The van der Waals surface area contributed by atoms with Crippen molar-refractivity contribution in [3.05, 3.63) is 23.0 Å². The summed E-state index contributed by atoms with van der Waals surface area (Å²) in [6.45, 7) is 0.986. The number of hydrogen-bond donors (Lipinski definition) is 1. The lowest BCUT2D eigenvalue weighted by Gasteiger charge is -2.36. The lowest BCUT2D eigenvalue weighted by atomic mass is 9.88. The van der Waals surface area contributed by atoms with Gasteiger partial charge in [0.25, 0.3) is 0 Å². The van der Waals surface area contributed by atoms with Crippen molar-refractivity contribution in [3.63, 3.8) is 0 Å². The summed E-state index contributed by atoms with van der Waals surface area (Å²) in [4.78, 5) is 3.32. The number of imidazole rings is 1. The monoisotopic (exact) mass is 322 g/mol. The predicted octanol–water partition coefficient (Wildman–Crippen LogP) is 4.77. The number of nitrogens with zero attached hydrogens (tertiary/aromatic N) is 1. The molecule has 0 amide bonds. The molecule has 0 unspecified atom stereocenters. The van der Waals surface area contributed by atoms with Crippen molar-refractivity contribution in [2.24, 2.45) is 0 Å². The molecule has 1 aliphatic rings. The predicted molar refractivity (Wildman–Crippen MR) is 93.0 cm³/mol. The highest BCUT2D eigenvalue weighted by atomic mass is 32.2. The molecular weight excluding hydrogens is 300 g/mol. The van der Waals surface area contributed by atoms with Crippen LogP contribution >= 0.6 is 24.0 Å². The molecule has 3 nitrogen and oxygen atoms in total. The number of aromatic nitrogens is 2. The van der Waals surface area contributed by atoms with Gasteiger partial charge < -0.3 is 14.3 Å². The highest BCUT2D eigenvalue weighted by Gasteiger charge is 2.32. The molecule has 0 bridgehead atoms. The minimum atomic E-state index is 0.328. The molecule has 1 fully saturated rings. The average Bonchev–Trinajstić information content (AvgIpc) is 2.84. The first kappa shape index (κ1) is 15.0. The van der Waals surface area contributed by atoms with Crippen LogP contribution in [-0.2, 0) is 6.54 Å². The molecule has 114 valence electrons. The quantitative estimate of drug-likeness (QED) is 0.822. The van der Waals surface area contributed by atoms with Crippen LogP contribution in [0.15, 0.2) is 18.2 Å². The van der Waals surface area contributed by atoms with Crippen LogP contribution in [0.1, 0.15) is 32.1 Å². The van der Waals surface area contributed by atoms with E-state index in [0.29, 0.717) is 4.75 Å². The fourth-order valence-corrected chi connectivity index (χ4v) is 4.61. The molecule has 0 atom stereocenters. The SMILES string of the molecule is COc1cccc2c1[nH]c(=S)n2CC1(SC)CCCCC1. The summed E-state index contributed by atoms with van der Waals surface area (Å²) < 4.78 is 8.83. The smallest absolute Gasteiger partial charge is 0.178 e. The number of benzene rings is 1. The van der Waals surface area contributed by atoms with Gasteiger partial charge in [0.2, 0.25) is 0 Å². The highest BCUT2D eigenvalue weighted by molar-refractivity contribution is 8.00. The second kappa shape index (κ2) is 6.05. The summed E-state index contributed by atoms with van der Waals surface area (Å²) in [7, 11) is 1.70. The Morgan fingerprint density at radius 2 is 2.10 bits per heavy atom. The van der Waals surface area contributed by atoms with Crippen molar-refractivity contribution in [2.75, 3.05) is 13.4 Å². The van der Waals surface area contributed by atoms with Gasteiger partial charge in [-0.2, -0.15) is 11.8 Å². The number of nitrogens with one attached hydrogen (secondary N) is 1. The Bertz CT molecular complexity index is 683. The molecule has 2 aromatic rings. The number of rotatable bonds is 4. The maximum Gasteiger partial charge on any atom is 0.178 e. The number of hydrogen-bond acceptors (Lipinski definition) is 3. The van der Waals surface area contributed by atoms with E-state index in [4.69, 9.17) is 17.0 Å². The lowest BCUT2D eigenvalue weighted by molar-refractivity contribution is 0.360. The number of ether oxygens (including phenoxy) is 1. The van der Waals surface area contributed by atoms with Crippen LogP contribution < -0.4 is 4.74 Å². The Hall–Kier alpha value is -0.940. The van der Waals surface area contributed by atoms with Gasteiger partial charge >= 0.3 is 0 Å². The molecule has 1 aromatic heterocycles. The van der Waals surface area contributed by atoms with E-state index in [1.54, 1.807) is 7.11 Å². The van der Waals surface area contributed by atoms with E-state index in [0.717, 1.165) is 28.1 Å². The van der Waals surface area contributed by atoms with Gasteiger partial charge in [-0.3, -0.25) is 0 Å². The van der Waals surface area contributed by atoms with Crippen molar-refractivity contribution < 1.29 is 4.74 Å². The second-order valence-corrected chi connectivity index (χ2v) is 7.48. The number of aromatic amines is 1. The summed E-state index contributed by atoms with van der Waals surface area (Å²) in [6, 6.07) is 6.14. The van der Waals surface area contributed by atoms with Crippen LogP contribution in [0, 0.1) is 4.77 Å². The first-order chi connectivity index (χ1) is 10.2. The van der Waals surface area contributed by atoms with E-state index in [9.17, 15) is 0 Å². The van der Waals surface area contributed by atoms with Gasteiger partial charge in [0, 0.05) is 11.3 Å². The molecule has 0 saturated heterocycles. The fraction of sp³-hybridized carbons (Fsp3) is 0.562. The third-order valence-electron chi connectivity index (χ3n) is 4.64. The maximum atomic E-state index is 5.57. The molecule has 1 aromatic carbocycles. The van der Waals surface area contributed by atoms with Crippen molar-refractivity contribution in [2.45, 2.75) is 43.4 Å². The van der Waals surface area contributed by atoms with Gasteiger partial charge in [0.1, 0.15) is 11.3 Å². The Morgan fingerprint density at radius 3 is 2.76 bits per heavy atom. The molecule has 1 aliphatic carbocycles. The highest BCUT2D eigenvalue weighted by Crippen LogP contribution is 2.40. The third-order valence-corrected chi connectivity index (χ3v) is 6.36. The first-order valence-electron chi connectivity index (χ1n) is 7.50. The van der Waals surface area contributed by atoms with Crippen molar-refractivity contribution in [1.82, 2.24) is 9.55 Å². The van der Waals surface area contributed by atoms with Gasteiger partial charge in [0.15, 0.2) is 4.77 Å². The number of fused-ring (bicyclic) bond motifs is 1. The zero-order valence-corrected chi connectivity index (χ0v) is 14.3. The molecule has 1 heterocycles. The lowest BCUT2D eigenvalue weighted by Crippen LogP contribution is -2.33. The molecule has 0 radical (unpaired) electrons. The van der Waals surface area contributed by atoms with Gasteiger partial charge in [-0.15, -0.1) is 0 Å². The van der Waals surface area contributed by atoms with Gasteiger partial charge in [-0.1, -0.05) is 25.3 Å². The minimum absolute atomic E-state index is 0.328. The molecule has 1 N–H and O–H groups in total. The van der Waals surface area contributed by atoms with E-state index < -0.39 is 0 Å². The number of thioether (sulfide) groups is 1. The molecular formula is C16H22N2OS2. The number of para-hydroxylation sites is 1. The maximum absolute atomic E-state index is 5.57. The van der Waals surface area contributed by atoms with Gasteiger partial charge in [-0.25, -0.2) is 0 Å². The van der Waals surface area contributed by atoms with Crippen LogP contribution in [0.3, 0.4) is 0 Å². The number of H-pyrrole nitrogens is 1. The summed E-state index contributed by atoms with van der Waals surface area (Å²) in [5.74, 6) is 0.860. The Labute approximate surface area is 135 Å². The van der Waals surface area contributed by atoms with E-state index >= 15 is 0 Å². The van der Waals surface area contributed by atoms with Crippen molar-refractivity contribution in [1.29, 1.82) is 0 Å². The zero-order valence-electron chi connectivity index (χ0n) is 12.6. The molecule has 1 saturated carbocycles. The second-order valence-electron chi connectivity index (χ2n) is 5.82. The summed E-state index contributed by atoms with van der Waals surface area (Å²) >= 11 is 7.58. The van der Waals surface area contributed by atoms with Crippen LogP contribution in [0.4, 0.5) is 0 Å². The van der Waals surface area contributed by atoms with Crippen LogP contribution in [-0.4, -0.2) is 27.7 Å². The largest absolute Gasteiger partial charge is 0.494 e. The minimum Gasteiger partial charge on any atom is -0.494 e. The average molecular weight is 322 g/mol. The molecule has 21 heavy (non-hydrogen) atoms. The summed E-state index contributed by atoms with van der Waals surface area (Å²) in [5, 5.41) is 0. The fourth-order valence-electron chi connectivity index (χ4n) is 3.39. The Morgan fingerprint density at radius 1 is 1.33 bits per heavy atom. The summed E-state index contributed by atoms with van der Waals surface area (Å²) in [5.41, 5.74) is 2.16. The van der Waals surface area contributed by atoms with Crippen LogP contribution in [0.5, 0.6) is 5.75 Å². The van der Waals surface area contributed by atoms with Gasteiger partial charge in [0.05, 0.1) is 12.6 Å². The normalized spacial score (nSPS) is 18.0. The molecule has 0 aliphatic heterocycles. The molecule has 5 heteroatoms. The number of methoxy groups -OCH3 is 1. The van der Waals surface area contributed by atoms with Crippen molar-refractivity contribution in [3.8, 4) is 5.75 Å². The molecule has 3 rings (SSSR count). The van der Waals surface area contributed by atoms with E-state index in [2.05, 4.69) is 21.9 Å². The molecule has 0 spiro atoms. The summed E-state index contributed by atoms with van der Waals surface area (Å²) in [6.07, 6.45) is 8.85. The van der Waals surface area contributed by atoms with E-state index in [-0.39, 0.29) is 0 Å². The third kappa shape index (κ3) is 2.73. The van der Waals surface area contributed by atoms with Gasteiger partial charge in [-0.05, 0) is 43.4 Å². The standard InChI is InChI=1S/C16H22N2OS2/c1-19-13-8-6-7-12-14(13)17-15(20)18(12)11-16(21-2)9-4-3-5-10-16/h6-8H,3-5,9-11H2,1-2H3,(H,17,20). The van der Waals surface area contributed by atoms with Crippen molar-refractivity contribution >= 4 is 35.0 Å².